The molecule has 0 spiro atoms. The first-order valence-electron chi connectivity index (χ1n) is 8.53. The quantitative estimate of drug-likeness (QED) is 0.793. The van der Waals surface area contributed by atoms with Crippen LogP contribution in [0.4, 0.5) is 0 Å². The van der Waals surface area contributed by atoms with Gasteiger partial charge in [-0.25, -0.2) is 0 Å². The molecular formula is C19H21N5O. The van der Waals surface area contributed by atoms with Crippen molar-refractivity contribution in [1.29, 1.82) is 0 Å². The van der Waals surface area contributed by atoms with Crippen molar-refractivity contribution in [3.63, 3.8) is 0 Å². The molecule has 0 aliphatic carbocycles. The van der Waals surface area contributed by atoms with Crippen molar-refractivity contribution in [2.75, 3.05) is 6.54 Å². The SMILES string of the molecule is CC(=O)NCc1cc2n(n1)CCN(Cc1ccc3ncccc3c1)C2. The summed E-state index contributed by atoms with van der Waals surface area (Å²) in [6.07, 6.45) is 1.83. The van der Waals surface area contributed by atoms with Crippen LogP contribution in [-0.2, 0) is 31.0 Å². The Kier molecular flexibility index (Phi) is 4.19. The lowest BCUT2D eigenvalue weighted by molar-refractivity contribution is -0.119. The Morgan fingerprint density at radius 1 is 1.24 bits per heavy atom. The number of hydrogen-bond donors (Lipinski definition) is 1. The first-order chi connectivity index (χ1) is 12.2. The van der Waals surface area contributed by atoms with E-state index in [9.17, 15) is 4.79 Å². The average molecular weight is 335 g/mol. The smallest absolute Gasteiger partial charge is 0.217 e. The fourth-order valence-electron chi connectivity index (χ4n) is 3.30. The summed E-state index contributed by atoms with van der Waals surface area (Å²) in [5.74, 6) is -0.0293. The summed E-state index contributed by atoms with van der Waals surface area (Å²) in [7, 11) is 0. The summed E-state index contributed by atoms with van der Waals surface area (Å²) < 4.78 is 2.05. The maximum Gasteiger partial charge on any atom is 0.217 e. The number of amides is 1. The summed E-state index contributed by atoms with van der Waals surface area (Å²) in [5.41, 5.74) is 4.45. The van der Waals surface area contributed by atoms with E-state index in [4.69, 9.17) is 0 Å². The standard InChI is InChI=1S/C19H21N5O/c1-14(25)21-11-17-10-18-13-23(7-8-24(18)22-17)12-15-4-5-19-16(9-15)3-2-6-20-19/h2-6,9-10H,7-8,11-13H2,1H3,(H,21,25). The number of nitrogens with zero attached hydrogens (tertiary/aromatic N) is 4. The van der Waals surface area contributed by atoms with Crippen LogP contribution in [0.5, 0.6) is 0 Å². The van der Waals surface area contributed by atoms with Crippen molar-refractivity contribution in [3.8, 4) is 0 Å². The first-order valence-corrected chi connectivity index (χ1v) is 8.53. The van der Waals surface area contributed by atoms with Crippen molar-refractivity contribution in [2.24, 2.45) is 0 Å². The third kappa shape index (κ3) is 3.53. The molecule has 0 bridgehead atoms. The van der Waals surface area contributed by atoms with Gasteiger partial charge in [0.25, 0.3) is 0 Å². The zero-order valence-corrected chi connectivity index (χ0v) is 14.3. The number of rotatable bonds is 4. The number of carbonyl (C=O) groups excluding carboxylic acids is 1. The molecule has 1 amide bonds. The topological polar surface area (TPSA) is 63.1 Å². The van der Waals surface area contributed by atoms with E-state index < -0.39 is 0 Å². The van der Waals surface area contributed by atoms with E-state index in [1.807, 2.05) is 12.3 Å². The fraction of sp³-hybridized carbons (Fsp3) is 0.316. The van der Waals surface area contributed by atoms with E-state index in [1.54, 1.807) is 0 Å². The molecule has 1 aliphatic rings. The maximum atomic E-state index is 11.1. The van der Waals surface area contributed by atoms with E-state index in [0.29, 0.717) is 6.54 Å². The predicted molar refractivity (Wildman–Crippen MR) is 95.6 cm³/mol. The Labute approximate surface area is 146 Å². The van der Waals surface area contributed by atoms with Gasteiger partial charge in [0, 0.05) is 38.1 Å². The summed E-state index contributed by atoms with van der Waals surface area (Å²) in [6.45, 7) is 5.66. The summed E-state index contributed by atoms with van der Waals surface area (Å²) in [4.78, 5) is 17.9. The highest BCUT2D eigenvalue weighted by Crippen LogP contribution is 2.19. The van der Waals surface area contributed by atoms with E-state index >= 15 is 0 Å². The summed E-state index contributed by atoms with van der Waals surface area (Å²) >= 11 is 0. The van der Waals surface area contributed by atoms with Gasteiger partial charge >= 0.3 is 0 Å². The van der Waals surface area contributed by atoms with Gasteiger partial charge in [-0.05, 0) is 29.8 Å². The molecule has 0 atom stereocenters. The van der Waals surface area contributed by atoms with Crippen molar-refractivity contribution >= 4 is 16.8 Å². The van der Waals surface area contributed by atoms with Crippen LogP contribution in [0.15, 0.2) is 42.6 Å². The molecule has 2 aromatic heterocycles. The van der Waals surface area contributed by atoms with Crippen LogP contribution in [0.1, 0.15) is 23.9 Å². The summed E-state index contributed by atoms with van der Waals surface area (Å²) in [6, 6.07) is 12.6. The minimum atomic E-state index is -0.0293. The van der Waals surface area contributed by atoms with Crippen LogP contribution in [0.2, 0.25) is 0 Å². The zero-order chi connectivity index (χ0) is 17.2. The van der Waals surface area contributed by atoms with Gasteiger partial charge in [0.1, 0.15) is 0 Å². The van der Waals surface area contributed by atoms with Gasteiger partial charge < -0.3 is 5.32 Å². The Hall–Kier alpha value is -2.73. The molecule has 128 valence electrons. The highest BCUT2D eigenvalue weighted by atomic mass is 16.1. The second-order valence-electron chi connectivity index (χ2n) is 6.50. The van der Waals surface area contributed by atoms with Crippen LogP contribution >= 0.6 is 0 Å². The van der Waals surface area contributed by atoms with Crippen molar-refractivity contribution in [3.05, 3.63) is 59.5 Å². The largest absolute Gasteiger partial charge is 0.351 e. The molecule has 6 heteroatoms. The van der Waals surface area contributed by atoms with Gasteiger partial charge in [-0.2, -0.15) is 5.10 Å². The van der Waals surface area contributed by atoms with E-state index in [0.717, 1.165) is 37.4 Å². The van der Waals surface area contributed by atoms with Crippen molar-refractivity contribution in [2.45, 2.75) is 33.1 Å². The molecule has 1 aliphatic heterocycles. The molecule has 3 heterocycles. The number of carbonyl (C=O) groups is 1. The molecule has 6 nitrogen and oxygen atoms in total. The minimum Gasteiger partial charge on any atom is -0.351 e. The molecule has 1 aromatic carbocycles. The van der Waals surface area contributed by atoms with Gasteiger partial charge in [-0.1, -0.05) is 12.1 Å². The highest BCUT2D eigenvalue weighted by molar-refractivity contribution is 5.78. The predicted octanol–water partition coefficient (Wildman–Crippen LogP) is 2.08. The normalized spacial score (nSPS) is 14.4. The first kappa shape index (κ1) is 15.8. The molecule has 4 rings (SSSR count). The third-order valence-corrected chi connectivity index (χ3v) is 4.52. The van der Waals surface area contributed by atoms with Crippen LogP contribution < -0.4 is 5.32 Å². The highest BCUT2D eigenvalue weighted by Gasteiger charge is 2.18. The molecule has 25 heavy (non-hydrogen) atoms. The Morgan fingerprint density at radius 3 is 3.04 bits per heavy atom. The number of aromatic nitrogens is 3. The Bertz CT molecular complexity index is 917. The molecule has 0 radical (unpaired) electrons. The van der Waals surface area contributed by atoms with Gasteiger partial charge in [0.2, 0.25) is 5.91 Å². The third-order valence-electron chi connectivity index (χ3n) is 4.52. The van der Waals surface area contributed by atoms with Gasteiger partial charge in [-0.15, -0.1) is 0 Å². The second-order valence-corrected chi connectivity index (χ2v) is 6.50. The van der Waals surface area contributed by atoms with Crippen LogP contribution in [0.3, 0.4) is 0 Å². The maximum absolute atomic E-state index is 11.1. The molecule has 0 fully saturated rings. The average Bonchev–Trinajstić information content (AvgIpc) is 3.02. The fourth-order valence-corrected chi connectivity index (χ4v) is 3.30. The molecule has 0 saturated carbocycles. The minimum absolute atomic E-state index is 0.0293. The van der Waals surface area contributed by atoms with E-state index in [2.05, 4.69) is 55.3 Å². The lowest BCUT2D eigenvalue weighted by Crippen LogP contribution is -2.33. The lowest BCUT2D eigenvalue weighted by Gasteiger charge is -2.27. The molecular weight excluding hydrogens is 314 g/mol. The number of fused-ring (bicyclic) bond motifs is 2. The van der Waals surface area contributed by atoms with Gasteiger partial charge in [-0.3, -0.25) is 19.4 Å². The van der Waals surface area contributed by atoms with E-state index in [1.165, 1.54) is 23.6 Å². The molecule has 1 N–H and O–H groups in total. The Morgan fingerprint density at radius 2 is 2.16 bits per heavy atom. The molecule has 0 saturated heterocycles. The Balaban J connectivity index is 1.45. The summed E-state index contributed by atoms with van der Waals surface area (Å²) in [5, 5.41) is 8.56. The van der Waals surface area contributed by atoms with Crippen molar-refractivity contribution in [1.82, 2.24) is 25.0 Å². The number of benzene rings is 1. The lowest BCUT2D eigenvalue weighted by atomic mass is 10.1. The van der Waals surface area contributed by atoms with Crippen LogP contribution in [-0.4, -0.2) is 32.1 Å². The van der Waals surface area contributed by atoms with Gasteiger partial charge in [0.05, 0.1) is 30.0 Å². The van der Waals surface area contributed by atoms with E-state index in [-0.39, 0.29) is 5.91 Å². The number of hydrogen-bond acceptors (Lipinski definition) is 4. The number of pyridine rings is 1. The van der Waals surface area contributed by atoms with Gasteiger partial charge in [0.15, 0.2) is 0 Å². The second kappa shape index (κ2) is 6.64. The molecule has 0 unspecified atom stereocenters. The monoisotopic (exact) mass is 335 g/mol. The van der Waals surface area contributed by atoms with Crippen LogP contribution in [0, 0.1) is 0 Å². The number of nitrogens with one attached hydrogen (secondary N) is 1. The van der Waals surface area contributed by atoms with Crippen molar-refractivity contribution < 1.29 is 4.79 Å². The van der Waals surface area contributed by atoms with Crippen LogP contribution in [0.25, 0.3) is 10.9 Å². The zero-order valence-electron chi connectivity index (χ0n) is 14.3. The molecule has 3 aromatic rings.